The van der Waals surface area contributed by atoms with E-state index < -0.39 is 0 Å². The lowest BCUT2D eigenvalue weighted by molar-refractivity contribution is 0.121. The molecule has 1 aromatic heterocycles. The van der Waals surface area contributed by atoms with Crippen LogP contribution in [0.1, 0.15) is 11.1 Å². The van der Waals surface area contributed by atoms with Gasteiger partial charge in [0, 0.05) is 42.8 Å². The summed E-state index contributed by atoms with van der Waals surface area (Å²) in [6.45, 7) is 6.20. The number of morpholine rings is 2. The maximum atomic E-state index is 6.25. The summed E-state index contributed by atoms with van der Waals surface area (Å²) in [5.74, 6) is 2.81. The first-order valence-electron chi connectivity index (χ1n) is 12.0. The van der Waals surface area contributed by atoms with Crippen LogP contribution in [0, 0.1) is 0 Å². The van der Waals surface area contributed by atoms with E-state index >= 15 is 0 Å². The summed E-state index contributed by atoms with van der Waals surface area (Å²) in [4.78, 5) is 13.9. The fourth-order valence-corrected chi connectivity index (χ4v) is 4.17. The Morgan fingerprint density at radius 1 is 0.917 bits per heavy atom. The van der Waals surface area contributed by atoms with Gasteiger partial charge in [0.1, 0.15) is 18.2 Å². The summed E-state index contributed by atoms with van der Waals surface area (Å²) in [6.07, 6.45) is 1.69. The van der Waals surface area contributed by atoms with Gasteiger partial charge < -0.3 is 24.0 Å². The third-order valence-corrected chi connectivity index (χ3v) is 6.16. The van der Waals surface area contributed by atoms with Crippen LogP contribution < -0.4 is 20.0 Å². The van der Waals surface area contributed by atoms with Crippen LogP contribution in [0.25, 0.3) is 0 Å². The van der Waals surface area contributed by atoms with Gasteiger partial charge >= 0.3 is 0 Å². The molecular weight excluding hydrogens is 480 g/mol. The van der Waals surface area contributed by atoms with E-state index in [0.717, 1.165) is 43.1 Å². The van der Waals surface area contributed by atoms with E-state index in [2.05, 4.69) is 20.3 Å². The average Bonchev–Trinajstić information content (AvgIpc) is 2.94. The van der Waals surface area contributed by atoms with Crippen molar-refractivity contribution in [1.82, 2.24) is 9.97 Å². The van der Waals surface area contributed by atoms with Crippen LogP contribution in [0.5, 0.6) is 5.75 Å². The molecule has 2 aliphatic rings. The first-order chi connectivity index (χ1) is 17.7. The molecule has 0 spiro atoms. The standard InChI is InChI=1S/C26H29ClN6O3/c27-22-6-7-23(36-19-20-4-2-1-3-5-20)21(16-22)18-28-31-24-17-25(32-8-12-34-13-9-32)30-26(29-24)33-10-14-35-15-11-33/h1-7,16-18H,8-15,19H2,(H,29,30,31)/b28-18+. The van der Waals surface area contributed by atoms with Crippen molar-refractivity contribution in [1.29, 1.82) is 0 Å². The lowest BCUT2D eigenvalue weighted by Crippen LogP contribution is -2.39. The molecule has 2 saturated heterocycles. The molecule has 3 aromatic rings. The smallest absolute Gasteiger partial charge is 0.229 e. The maximum absolute atomic E-state index is 6.25. The van der Waals surface area contributed by atoms with Crippen LogP contribution in [0.15, 0.2) is 59.7 Å². The molecule has 2 fully saturated rings. The van der Waals surface area contributed by atoms with Crippen molar-refractivity contribution in [2.24, 2.45) is 5.10 Å². The second kappa shape index (κ2) is 12.0. The quantitative estimate of drug-likeness (QED) is 0.363. The first kappa shape index (κ1) is 24.3. The summed E-state index contributed by atoms with van der Waals surface area (Å²) in [7, 11) is 0. The molecule has 0 atom stereocenters. The Morgan fingerprint density at radius 3 is 2.39 bits per heavy atom. The number of hydrogen-bond acceptors (Lipinski definition) is 9. The molecule has 36 heavy (non-hydrogen) atoms. The Balaban J connectivity index is 1.34. The second-order valence-electron chi connectivity index (χ2n) is 8.44. The highest BCUT2D eigenvalue weighted by atomic mass is 35.5. The highest BCUT2D eigenvalue weighted by Crippen LogP contribution is 2.24. The lowest BCUT2D eigenvalue weighted by Gasteiger charge is -2.31. The summed E-state index contributed by atoms with van der Waals surface area (Å²) < 4.78 is 17.0. The number of halogens is 1. The monoisotopic (exact) mass is 508 g/mol. The molecule has 0 unspecified atom stereocenters. The van der Waals surface area contributed by atoms with Crippen LogP contribution in [-0.2, 0) is 16.1 Å². The van der Waals surface area contributed by atoms with Crippen LogP contribution in [-0.4, -0.2) is 68.8 Å². The number of nitrogens with zero attached hydrogens (tertiary/aromatic N) is 5. The third-order valence-electron chi connectivity index (χ3n) is 5.92. The third kappa shape index (κ3) is 6.42. The number of aromatic nitrogens is 2. The van der Waals surface area contributed by atoms with Crippen molar-refractivity contribution < 1.29 is 14.2 Å². The van der Waals surface area contributed by atoms with Crippen LogP contribution in [0.2, 0.25) is 5.02 Å². The zero-order chi connectivity index (χ0) is 24.6. The fraction of sp³-hybridized carbons (Fsp3) is 0.346. The number of rotatable bonds is 8. The van der Waals surface area contributed by atoms with Gasteiger partial charge in [-0.25, -0.2) is 0 Å². The Bertz CT molecular complexity index is 1130. The van der Waals surface area contributed by atoms with E-state index in [0.29, 0.717) is 55.6 Å². The van der Waals surface area contributed by atoms with E-state index in [1.807, 2.05) is 48.5 Å². The normalized spacial score (nSPS) is 16.4. The molecule has 3 heterocycles. The van der Waals surface area contributed by atoms with Crippen molar-refractivity contribution in [3.63, 3.8) is 0 Å². The molecule has 5 rings (SSSR count). The fourth-order valence-electron chi connectivity index (χ4n) is 3.99. The summed E-state index contributed by atoms with van der Waals surface area (Å²) >= 11 is 6.25. The molecule has 0 saturated carbocycles. The van der Waals surface area contributed by atoms with Crippen molar-refractivity contribution in [3.8, 4) is 5.75 Å². The van der Waals surface area contributed by atoms with E-state index in [9.17, 15) is 0 Å². The van der Waals surface area contributed by atoms with Crippen LogP contribution in [0.3, 0.4) is 0 Å². The SMILES string of the molecule is Clc1ccc(OCc2ccccc2)c(/C=N/Nc2cc(N3CCOCC3)nc(N3CCOCC3)n2)c1. The molecule has 1 N–H and O–H groups in total. The number of hydrogen-bond donors (Lipinski definition) is 1. The summed E-state index contributed by atoms with van der Waals surface area (Å²) in [5, 5.41) is 5.06. The Hall–Kier alpha value is -3.40. The molecule has 9 nitrogen and oxygen atoms in total. The number of anilines is 3. The summed E-state index contributed by atoms with van der Waals surface area (Å²) in [6, 6.07) is 17.4. The molecule has 0 aliphatic carbocycles. The van der Waals surface area contributed by atoms with Gasteiger partial charge in [-0.2, -0.15) is 15.1 Å². The van der Waals surface area contributed by atoms with Crippen molar-refractivity contribution in [2.45, 2.75) is 6.61 Å². The molecule has 188 valence electrons. The van der Waals surface area contributed by atoms with E-state index in [4.69, 9.17) is 35.8 Å². The van der Waals surface area contributed by atoms with Crippen LogP contribution >= 0.6 is 11.6 Å². The minimum atomic E-state index is 0.453. The van der Waals surface area contributed by atoms with Gasteiger partial charge in [0.15, 0.2) is 5.82 Å². The predicted molar refractivity (Wildman–Crippen MR) is 142 cm³/mol. The largest absolute Gasteiger partial charge is 0.488 e. The number of benzene rings is 2. The van der Waals surface area contributed by atoms with Crippen LogP contribution in [0.4, 0.5) is 17.6 Å². The topological polar surface area (TPSA) is 84.3 Å². The van der Waals surface area contributed by atoms with Gasteiger partial charge in [0.05, 0.1) is 32.6 Å². The van der Waals surface area contributed by atoms with Gasteiger partial charge in [-0.15, -0.1) is 0 Å². The molecule has 2 aromatic carbocycles. The Morgan fingerprint density at radius 2 is 1.64 bits per heavy atom. The molecule has 2 aliphatic heterocycles. The Labute approximate surface area is 215 Å². The minimum Gasteiger partial charge on any atom is -0.488 e. The summed E-state index contributed by atoms with van der Waals surface area (Å²) in [5.41, 5.74) is 4.93. The van der Waals surface area contributed by atoms with Gasteiger partial charge in [-0.3, -0.25) is 5.43 Å². The van der Waals surface area contributed by atoms with Gasteiger partial charge in [-0.05, 0) is 23.8 Å². The second-order valence-corrected chi connectivity index (χ2v) is 8.87. The highest BCUT2D eigenvalue weighted by molar-refractivity contribution is 6.30. The van der Waals surface area contributed by atoms with E-state index in [-0.39, 0.29) is 0 Å². The number of hydrazone groups is 1. The van der Waals surface area contributed by atoms with Crippen molar-refractivity contribution >= 4 is 35.4 Å². The molecule has 0 amide bonds. The minimum absolute atomic E-state index is 0.453. The highest BCUT2D eigenvalue weighted by Gasteiger charge is 2.19. The van der Waals surface area contributed by atoms with Gasteiger partial charge in [0.2, 0.25) is 5.95 Å². The number of nitrogens with one attached hydrogen (secondary N) is 1. The predicted octanol–water partition coefficient (Wildman–Crippen LogP) is 3.83. The molecule has 10 heteroatoms. The van der Waals surface area contributed by atoms with E-state index in [1.54, 1.807) is 12.3 Å². The zero-order valence-electron chi connectivity index (χ0n) is 20.0. The van der Waals surface area contributed by atoms with E-state index in [1.165, 1.54) is 0 Å². The maximum Gasteiger partial charge on any atom is 0.229 e. The molecular formula is C26H29ClN6O3. The average molecular weight is 509 g/mol. The molecule has 0 bridgehead atoms. The number of ether oxygens (including phenoxy) is 3. The van der Waals surface area contributed by atoms with Gasteiger partial charge in [-0.1, -0.05) is 41.9 Å². The zero-order valence-corrected chi connectivity index (χ0v) is 20.7. The Kier molecular flexibility index (Phi) is 8.12. The van der Waals surface area contributed by atoms with Gasteiger partial charge in [0.25, 0.3) is 0 Å². The first-order valence-corrected chi connectivity index (χ1v) is 12.4. The molecule has 0 radical (unpaired) electrons. The van der Waals surface area contributed by atoms with Crippen molar-refractivity contribution in [2.75, 3.05) is 67.8 Å². The van der Waals surface area contributed by atoms with Crippen molar-refractivity contribution in [3.05, 3.63) is 70.7 Å². The lowest BCUT2D eigenvalue weighted by atomic mass is 10.2.